The number of imidazole rings is 1. The summed E-state index contributed by atoms with van der Waals surface area (Å²) in [5.74, 6) is 0.691. The summed E-state index contributed by atoms with van der Waals surface area (Å²) in [7, 11) is 0. The molecular formula is C44H78N2. The molecule has 2 atom stereocenters. The molecule has 0 saturated carbocycles. The predicted molar refractivity (Wildman–Crippen MR) is 205 cm³/mol. The lowest BCUT2D eigenvalue weighted by Gasteiger charge is -2.29. The van der Waals surface area contributed by atoms with E-state index >= 15 is 0 Å². The molecule has 2 heteroatoms. The fraction of sp³-hybridized carbons (Fsp3) is 0.795. The highest BCUT2D eigenvalue weighted by atomic mass is 15.1. The summed E-state index contributed by atoms with van der Waals surface area (Å²) >= 11 is 0. The van der Waals surface area contributed by atoms with Gasteiger partial charge in [0.15, 0.2) is 0 Å². The van der Waals surface area contributed by atoms with Crippen LogP contribution in [0.25, 0.3) is 0 Å². The summed E-state index contributed by atoms with van der Waals surface area (Å²) in [6.45, 7) is 4.62. The highest BCUT2D eigenvalue weighted by molar-refractivity contribution is 5.15. The zero-order chi connectivity index (χ0) is 32.6. The molecular weight excluding hydrogens is 556 g/mol. The van der Waals surface area contributed by atoms with Crippen LogP contribution in [0.3, 0.4) is 0 Å². The average Bonchev–Trinajstić information content (AvgIpc) is 3.62. The summed E-state index contributed by atoms with van der Waals surface area (Å²) in [6, 6.07) is 11.9. The van der Waals surface area contributed by atoms with Gasteiger partial charge < -0.3 is 4.57 Å². The van der Waals surface area contributed by atoms with Crippen molar-refractivity contribution in [2.24, 2.45) is 5.92 Å². The van der Waals surface area contributed by atoms with Crippen molar-refractivity contribution in [2.45, 2.75) is 219 Å². The molecule has 0 radical (unpaired) electrons. The van der Waals surface area contributed by atoms with Crippen molar-refractivity contribution < 1.29 is 0 Å². The minimum Gasteiger partial charge on any atom is -0.334 e. The molecule has 0 N–H and O–H groups in total. The Kier molecular flexibility index (Phi) is 27.1. The van der Waals surface area contributed by atoms with Crippen LogP contribution in [0.15, 0.2) is 49.1 Å². The molecule has 1 aromatic carbocycles. The number of unbranched alkanes of at least 4 members (excludes halogenated alkanes) is 26. The van der Waals surface area contributed by atoms with Crippen LogP contribution in [0.4, 0.5) is 0 Å². The van der Waals surface area contributed by atoms with Crippen LogP contribution in [0.2, 0.25) is 0 Å². The maximum atomic E-state index is 4.48. The number of aromatic nitrogens is 2. The minimum atomic E-state index is 0.571. The van der Waals surface area contributed by atoms with Crippen LogP contribution in [0.1, 0.15) is 218 Å². The third kappa shape index (κ3) is 22.1. The van der Waals surface area contributed by atoms with Crippen molar-refractivity contribution in [3.05, 3.63) is 54.6 Å². The number of nitrogens with zero attached hydrogens (tertiary/aromatic N) is 2. The summed E-state index contributed by atoms with van der Waals surface area (Å²) in [6.07, 6.45) is 50.2. The van der Waals surface area contributed by atoms with Crippen LogP contribution in [-0.4, -0.2) is 9.55 Å². The molecule has 0 bridgehead atoms. The first kappa shape index (κ1) is 40.6. The van der Waals surface area contributed by atoms with E-state index < -0.39 is 0 Å². The van der Waals surface area contributed by atoms with Gasteiger partial charge in [0.05, 0.1) is 6.33 Å². The Morgan fingerprint density at radius 3 is 1.26 bits per heavy atom. The van der Waals surface area contributed by atoms with Crippen molar-refractivity contribution in [3.63, 3.8) is 0 Å². The smallest absolute Gasteiger partial charge is 0.0948 e. The molecule has 46 heavy (non-hydrogen) atoms. The van der Waals surface area contributed by atoms with Crippen LogP contribution < -0.4 is 0 Å². The van der Waals surface area contributed by atoms with Crippen LogP contribution in [0, 0.1) is 5.92 Å². The standard InChI is InChI=1S/C44H78N2/c1-3-5-7-9-11-13-15-16-17-18-19-20-22-24-26-28-33-37-44(46-39-38-45-41-46)43(40-42-34-30-29-31-35-42)36-32-27-25-23-21-14-12-10-8-6-4-2/h29-31,34-35,38-39,41,43-44H,3-28,32-33,36-37,40H2,1-2H3. The molecule has 0 spiro atoms. The fourth-order valence-electron chi connectivity index (χ4n) is 7.59. The van der Waals surface area contributed by atoms with E-state index in [0.29, 0.717) is 12.0 Å². The van der Waals surface area contributed by atoms with Gasteiger partial charge in [-0.3, -0.25) is 0 Å². The first-order valence-electron chi connectivity index (χ1n) is 20.9. The molecule has 2 rings (SSSR count). The molecule has 0 aliphatic rings. The molecule has 1 heterocycles. The zero-order valence-electron chi connectivity index (χ0n) is 31.1. The van der Waals surface area contributed by atoms with E-state index in [1.807, 2.05) is 6.20 Å². The molecule has 2 aromatic rings. The Hall–Kier alpha value is -1.57. The Balaban J connectivity index is 1.63. The lowest BCUT2D eigenvalue weighted by Crippen LogP contribution is -2.21. The van der Waals surface area contributed by atoms with Gasteiger partial charge in [-0.1, -0.05) is 224 Å². The summed E-state index contributed by atoms with van der Waals surface area (Å²) in [5.41, 5.74) is 1.50. The van der Waals surface area contributed by atoms with E-state index in [2.05, 4.69) is 66.3 Å². The van der Waals surface area contributed by atoms with Gasteiger partial charge >= 0.3 is 0 Å². The van der Waals surface area contributed by atoms with E-state index in [0.717, 1.165) is 0 Å². The fourth-order valence-corrected chi connectivity index (χ4v) is 7.59. The lowest BCUT2D eigenvalue weighted by molar-refractivity contribution is 0.275. The second-order valence-corrected chi connectivity index (χ2v) is 14.8. The molecule has 264 valence electrons. The van der Waals surface area contributed by atoms with Crippen molar-refractivity contribution in [1.82, 2.24) is 9.55 Å². The molecule has 1 aromatic heterocycles. The number of rotatable bonds is 34. The van der Waals surface area contributed by atoms with Crippen molar-refractivity contribution in [3.8, 4) is 0 Å². The van der Waals surface area contributed by atoms with E-state index in [9.17, 15) is 0 Å². The third-order valence-electron chi connectivity index (χ3n) is 10.6. The van der Waals surface area contributed by atoms with Crippen molar-refractivity contribution >= 4 is 0 Å². The van der Waals surface area contributed by atoms with Gasteiger partial charge in [-0.25, -0.2) is 4.98 Å². The molecule has 0 amide bonds. The van der Waals surface area contributed by atoms with Gasteiger partial charge in [-0.2, -0.15) is 0 Å². The second-order valence-electron chi connectivity index (χ2n) is 14.8. The minimum absolute atomic E-state index is 0.571. The Morgan fingerprint density at radius 2 is 0.870 bits per heavy atom. The molecule has 0 aliphatic carbocycles. The van der Waals surface area contributed by atoms with Gasteiger partial charge in [-0.15, -0.1) is 0 Å². The molecule has 2 nitrogen and oxygen atoms in total. The van der Waals surface area contributed by atoms with E-state index in [1.54, 1.807) is 0 Å². The monoisotopic (exact) mass is 635 g/mol. The number of benzene rings is 1. The lowest BCUT2D eigenvalue weighted by atomic mass is 9.84. The zero-order valence-corrected chi connectivity index (χ0v) is 31.1. The van der Waals surface area contributed by atoms with Crippen LogP contribution in [-0.2, 0) is 6.42 Å². The van der Waals surface area contributed by atoms with Crippen LogP contribution >= 0.6 is 0 Å². The number of hydrogen-bond donors (Lipinski definition) is 0. The Labute approximate surface area is 288 Å². The quantitative estimate of drug-likeness (QED) is 0.0700. The average molecular weight is 635 g/mol. The summed E-state index contributed by atoms with van der Waals surface area (Å²) < 4.78 is 2.46. The predicted octanol–water partition coefficient (Wildman–Crippen LogP) is 15.0. The van der Waals surface area contributed by atoms with Gasteiger partial charge in [0.2, 0.25) is 0 Å². The Morgan fingerprint density at radius 1 is 0.478 bits per heavy atom. The Bertz CT molecular complexity index is 844. The normalized spacial score (nSPS) is 12.9. The van der Waals surface area contributed by atoms with Crippen LogP contribution in [0.5, 0.6) is 0 Å². The van der Waals surface area contributed by atoms with Gasteiger partial charge in [0.25, 0.3) is 0 Å². The second kappa shape index (κ2) is 30.7. The number of hydrogen-bond acceptors (Lipinski definition) is 1. The molecule has 0 saturated heterocycles. The van der Waals surface area contributed by atoms with Gasteiger partial charge in [0.1, 0.15) is 0 Å². The largest absolute Gasteiger partial charge is 0.334 e. The highest BCUT2D eigenvalue weighted by Crippen LogP contribution is 2.32. The van der Waals surface area contributed by atoms with E-state index in [4.69, 9.17) is 0 Å². The SMILES string of the molecule is CCCCCCCCCCCCCCCCCCCC(C(CCCCCCCCCCCCC)Cc1ccccc1)n1ccnc1. The van der Waals surface area contributed by atoms with Crippen molar-refractivity contribution in [1.29, 1.82) is 0 Å². The molecule has 0 fully saturated rings. The molecule has 0 aliphatic heterocycles. The highest BCUT2D eigenvalue weighted by Gasteiger charge is 2.23. The van der Waals surface area contributed by atoms with E-state index in [-0.39, 0.29) is 0 Å². The summed E-state index contributed by atoms with van der Waals surface area (Å²) in [5, 5.41) is 0. The molecule has 2 unspecified atom stereocenters. The summed E-state index contributed by atoms with van der Waals surface area (Å²) in [4.78, 5) is 4.48. The van der Waals surface area contributed by atoms with Gasteiger partial charge in [0, 0.05) is 18.4 Å². The van der Waals surface area contributed by atoms with Crippen molar-refractivity contribution in [2.75, 3.05) is 0 Å². The van der Waals surface area contributed by atoms with E-state index in [1.165, 1.54) is 205 Å². The third-order valence-corrected chi connectivity index (χ3v) is 10.6. The topological polar surface area (TPSA) is 17.8 Å². The maximum Gasteiger partial charge on any atom is 0.0948 e. The first-order valence-corrected chi connectivity index (χ1v) is 20.9. The van der Waals surface area contributed by atoms with Gasteiger partial charge in [-0.05, 0) is 30.7 Å². The first-order chi connectivity index (χ1) is 22.8. The maximum absolute atomic E-state index is 4.48.